The molecular weight excluding hydrogens is 531 g/mol. The maximum Gasteiger partial charge on any atom is 0.160 e. The van der Waals surface area contributed by atoms with E-state index in [1.165, 1.54) is 32.1 Å². The van der Waals surface area contributed by atoms with E-state index >= 15 is 0 Å². The van der Waals surface area contributed by atoms with E-state index in [4.69, 9.17) is 9.47 Å². The number of aliphatic hydroxyl groups is 3. The first-order chi connectivity index (χ1) is 19.0. The second-order valence-electron chi connectivity index (χ2n) is 16.6. The normalized spacial score (nSPS) is 49.0. The zero-order chi connectivity index (χ0) is 30.0. The first-order valence-electron chi connectivity index (χ1n) is 16.9. The molecule has 5 unspecified atom stereocenters. The Hall–Kier alpha value is -0.0300. The number of hydrogen-bond donors (Lipinski definition) is 3. The van der Waals surface area contributed by atoms with Gasteiger partial charge in [0, 0.05) is 18.0 Å². The summed E-state index contributed by atoms with van der Waals surface area (Å²) in [6, 6.07) is 0. The van der Waals surface area contributed by atoms with Crippen LogP contribution in [-0.4, -0.2) is 57.3 Å². The minimum absolute atomic E-state index is 0.0230. The van der Waals surface area contributed by atoms with Crippen LogP contribution in [-0.2, 0) is 9.47 Å². The maximum absolute atomic E-state index is 10.3. The summed E-state index contributed by atoms with van der Waals surface area (Å²) in [5.74, 6) is 2.76. The average Bonchev–Trinajstić information content (AvgIpc) is 3.15. The van der Waals surface area contributed by atoms with Crippen LogP contribution in [0.15, 0.2) is 11.6 Å². The van der Waals surface area contributed by atoms with Crippen LogP contribution in [0, 0.1) is 39.9 Å². The Labute approximate surface area is 252 Å². The quantitative estimate of drug-likeness (QED) is 0.209. The monoisotopic (exact) mass is 592 g/mol. The van der Waals surface area contributed by atoms with Gasteiger partial charge in [0.15, 0.2) is 6.29 Å². The molecular formula is C35H61O5P. The smallest absolute Gasteiger partial charge is 0.160 e. The van der Waals surface area contributed by atoms with Crippen LogP contribution in [0.2, 0.25) is 0 Å². The Morgan fingerprint density at radius 2 is 1.80 bits per heavy atom. The fourth-order valence-electron chi connectivity index (χ4n) is 11.0. The molecule has 0 amide bonds. The zero-order valence-electron chi connectivity index (χ0n) is 27.1. The lowest BCUT2D eigenvalue weighted by molar-refractivity contribution is -0.245. The van der Waals surface area contributed by atoms with E-state index in [1.807, 2.05) is 13.8 Å². The predicted octanol–water partition coefficient (Wildman–Crippen LogP) is 7.02. The largest absolute Gasteiger partial charge is 0.394 e. The molecule has 13 atom stereocenters. The highest BCUT2D eigenvalue weighted by atomic mass is 31.0. The molecule has 3 N–H and O–H groups in total. The molecule has 6 heteroatoms. The van der Waals surface area contributed by atoms with E-state index in [0.717, 1.165) is 38.0 Å². The van der Waals surface area contributed by atoms with Crippen LogP contribution in [0.3, 0.4) is 0 Å². The third kappa shape index (κ3) is 5.65. The van der Waals surface area contributed by atoms with Gasteiger partial charge < -0.3 is 24.8 Å². The molecule has 0 aromatic heterocycles. The van der Waals surface area contributed by atoms with Crippen molar-refractivity contribution in [3.63, 3.8) is 0 Å². The number of aliphatic hydroxyl groups excluding tert-OH is 2. The Morgan fingerprint density at radius 1 is 1.07 bits per heavy atom. The summed E-state index contributed by atoms with van der Waals surface area (Å²) in [5.41, 5.74) is 2.04. The van der Waals surface area contributed by atoms with Crippen LogP contribution in [0.25, 0.3) is 0 Å². The topological polar surface area (TPSA) is 79.2 Å². The summed E-state index contributed by atoms with van der Waals surface area (Å²) in [4.78, 5) is 0. The van der Waals surface area contributed by atoms with E-state index < -0.39 is 18.0 Å². The molecule has 0 bridgehead atoms. The van der Waals surface area contributed by atoms with Gasteiger partial charge in [-0.15, -0.1) is 9.24 Å². The van der Waals surface area contributed by atoms with Gasteiger partial charge in [0.25, 0.3) is 0 Å². The number of hydrogen-bond acceptors (Lipinski definition) is 5. The minimum Gasteiger partial charge on any atom is -0.394 e. The molecule has 236 valence electrons. The van der Waals surface area contributed by atoms with Gasteiger partial charge in [-0.1, -0.05) is 52.2 Å². The highest BCUT2D eigenvalue weighted by Gasteiger charge is 2.67. The van der Waals surface area contributed by atoms with Crippen molar-refractivity contribution in [1.29, 1.82) is 0 Å². The van der Waals surface area contributed by atoms with Crippen molar-refractivity contribution in [1.82, 2.24) is 0 Å². The van der Waals surface area contributed by atoms with Gasteiger partial charge in [0.2, 0.25) is 0 Å². The SMILES string of the molecule is C[C@H](CCCC(C)(C)O)C1CC[C@@]2(C)C3CC=C4C(CC[C@H](O[C@H]5C[C@@H](O)CC(CO)O5)[C@@]4(C)P)[C@]3(C)CC[C@]12C. The van der Waals surface area contributed by atoms with E-state index in [9.17, 15) is 15.3 Å². The van der Waals surface area contributed by atoms with Crippen molar-refractivity contribution in [3.8, 4) is 0 Å². The summed E-state index contributed by atoms with van der Waals surface area (Å²) < 4.78 is 12.6. The molecule has 1 aliphatic heterocycles. The van der Waals surface area contributed by atoms with Crippen LogP contribution in [0.5, 0.6) is 0 Å². The molecule has 41 heavy (non-hydrogen) atoms. The lowest BCUT2D eigenvalue weighted by Gasteiger charge is -2.66. The molecule has 0 radical (unpaired) electrons. The molecule has 1 heterocycles. The van der Waals surface area contributed by atoms with Gasteiger partial charge in [0.05, 0.1) is 30.5 Å². The zero-order valence-corrected chi connectivity index (χ0v) is 28.3. The van der Waals surface area contributed by atoms with Gasteiger partial charge in [0.1, 0.15) is 0 Å². The third-order valence-corrected chi connectivity index (χ3v) is 14.3. The summed E-state index contributed by atoms with van der Waals surface area (Å²) in [5, 5.41) is 30.1. The summed E-state index contributed by atoms with van der Waals surface area (Å²) in [7, 11) is 3.18. The second kappa shape index (κ2) is 11.4. The minimum atomic E-state index is -0.560. The molecule has 4 fully saturated rings. The Bertz CT molecular complexity index is 974. The molecule has 5 aliphatic rings. The molecule has 3 saturated carbocycles. The van der Waals surface area contributed by atoms with Crippen molar-refractivity contribution in [3.05, 3.63) is 11.6 Å². The van der Waals surface area contributed by atoms with Crippen molar-refractivity contribution in [2.75, 3.05) is 6.61 Å². The second-order valence-corrected chi connectivity index (χ2v) is 17.8. The molecule has 5 nitrogen and oxygen atoms in total. The number of fused-ring (bicyclic) bond motifs is 5. The third-order valence-electron chi connectivity index (χ3n) is 13.6. The molecule has 4 aliphatic carbocycles. The van der Waals surface area contributed by atoms with Crippen molar-refractivity contribution in [2.45, 2.75) is 161 Å². The lowest BCUT2D eigenvalue weighted by atomic mass is 9.39. The standard InChI is InChI=1S/C35H61O5P/c1-22(9-8-15-31(2,3)38)25-14-16-34(6)28-12-10-27-26(32(28,4)17-18-33(25,34)5)11-13-29(35(27,7)41)40-30-20-23(37)19-24(21-36)39-30/h10,22-26,28-30,36-38H,8-9,11-21,41H2,1-7H3/t22-,23+,24?,25?,26?,28?,29+,30+,32+,33-,34+,35+/m1/s1. The van der Waals surface area contributed by atoms with Crippen LogP contribution in [0.1, 0.15) is 126 Å². The van der Waals surface area contributed by atoms with Gasteiger partial charge in [-0.25, -0.2) is 0 Å². The number of ether oxygens (including phenoxy) is 2. The van der Waals surface area contributed by atoms with Gasteiger partial charge in [-0.3, -0.25) is 0 Å². The summed E-state index contributed by atoms with van der Waals surface area (Å²) >= 11 is 0. The van der Waals surface area contributed by atoms with E-state index in [0.29, 0.717) is 46.8 Å². The Balaban J connectivity index is 1.33. The molecule has 0 spiro atoms. The summed E-state index contributed by atoms with van der Waals surface area (Å²) in [6.07, 6.45) is 14.2. The van der Waals surface area contributed by atoms with Crippen molar-refractivity contribution >= 4 is 9.24 Å². The van der Waals surface area contributed by atoms with Gasteiger partial charge in [-0.05, 0) is 112 Å². The van der Waals surface area contributed by atoms with Crippen molar-refractivity contribution in [2.24, 2.45) is 39.9 Å². The highest BCUT2D eigenvalue weighted by Crippen LogP contribution is 2.75. The molecule has 5 rings (SSSR count). The van der Waals surface area contributed by atoms with E-state index in [1.54, 1.807) is 5.57 Å². The highest BCUT2D eigenvalue weighted by molar-refractivity contribution is 7.19. The maximum atomic E-state index is 10.3. The fraction of sp³-hybridized carbons (Fsp3) is 0.943. The lowest BCUT2D eigenvalue weighted by Crippen LogP contribution is -2.60. The molecule has 1 saturated heterocycles. The molecule has 0 aromatic carbocycles. The van der Waals surface area contributed by atoms with Gasteiger partial charge in [-0.2, -0.15) is 0 Å². The Kier molecular flexibility index (Phi) is 9.00. The number of allylic oxidation sites excluding steroid dienone is 1. The Morgan fingerprint density at radius 3 is 2.49 bits per heavy atom. The van der Waals surface area contributed by atoms with Crippen LogP contribution in [0.4, 0.5) is 0 Å². The summed E-state index contributed by atoms with van der Waals surface area (Å²) in [6.45, 7) is 16.6. The fourth-order valence-corrected chi connectivity index (χ4v) is 11.6. The van der Waals surface area contributed by atoms with Crippen LogP contribution < -0.4 is 0 Å². The predicted molar refractivity (Wildman–Crippen MR) is 168 cm³/mol. The number of rotatable bonds is 8. The van der Waals surface area contributed by atoms with Crippen molar-refractivity contribution < 1.29 is 24.8 Å². The molecule has 0 aromatic rings. The van der Waals surface area contributed by atoms with E-state index in [-0.39, 0.29) is 24.0 Å². The average molecular weight is 593 g/mol. The van der Waals surface area contributed by atoms with E-state index in [2.05, 4.69) is 49.9 Å². The first-order valence-corrected chi connectivity index (χ1v) is 17.4. The van der Waals surface area contributed by atoms with Crippen LogP contribution >= 0.6 is 9.24 Å². The van der Waals surface area contributed by atoms with Gasteiger partial charge >= 0.3 is 0 Å². The first kappa shape index (κ1) is 32.4.